The number of aliphatic hydroxyl groups is 1. The standard InChI is InChI=1S/C11H19N3O3/c1-8(5-6-15)7-12-11(17)9-3-4-10(16)14(2)13-9/h8,15H,3-7H2,1-2H3,(H,12,17). The maximum Gasteiger partial charge on any atom is 0.267 e. The summed E-state index contributed by atoms with van der Waals surface area (Å²) in [5.41, 5.74) is 0.392. The first-order valence-electron chi connectivity index (χ1n) is 5.77. The van der Waals surface area contributed by atoms with Gasteiger partial charge in [-0.2, -0.15) is 5.10 Å². The van der Waals surface area contributed by atoms with Gasteiger partial charge in [-0.3, -0.25) is 9.59 Å². The molecule has 1 aliphatic heterocycles. The lowest BCUT2D eigenvalue weighted by Gasteiger charge is -2.19. The van der Waals surface area contributed by atoms with Crippen LogP contribution in [0.4, 0.5) is 0 Å². The second-order valence-electron chi connectivity index (χ2n) is 4.29. The van der Waals surface area contributed by atoms with Crippen LogP contribution in [0, 0.1) is 5.92 Å². The van der Waals surface area contributed by atoms with Gasteiger partial charge < -0.3 is 10.4 Å². The molecule has 0 bridgehead atoms. The van der Waals surface area contributed by atoms with E-state index in [2.05, 4.69) is 10.4 Å². The molecule has 1 unspecified atom stereocenters. The summed E-state index contributed by atoms with van der Waals surface area (Å²) in [6.07, 6.45) is 1.38. The van der Waals surface area contributed by atoms with Crippen molar-refractivity contribution in [2.75, 3.05) is 20.2 Å². The number of nitrogens with one attached hydrogen (secondary N) is 1. The van der Waals surface area contributed by atoms with E-state index in [0.29, 0.717) is 31.5 Å². The van der Waals surface area contributed by atoms with Crippen molar-refractivity contribution in [2.24, 2.45) is 11.0 Å². The highest BCUT2D eigenvalue weighted by molar-refractivity contribution is 6.39. The molecule has 0 radical (unpaired) electrons. The molecule has 1 atom stereocenters. The number of nitrogens with zero attached hydrogens (tertiary/aromatic N) is 2. The molecular weight excluding hydrogens is 222 g/mol. The molecule has 0 aromatic heterocycles. The summed E-state index contributed by atoms with van der Waals surface area (Å²) in [5, 5.41) is 16.6. The quantitative estimate of drug-likeness (QED) is 0.695. The van der Waals surface area contributed by atoms with Gasteiger partial charge in [0.1, 0.15) is 5.71 Å². The average molecular weight is 241 g/mol. The molecule has 2 N–H and O–H groups in total. The maximum absolute atomic E-state index is 11.7. The topological polar surface area (TPSA) is 82.0 Å². The highest BCUT2D eigenvalue weighted by atomic mass is 16.3. The fourth-order valence-electron chi connectivity index (χ4n) is 1.52. The van der Waals surface area contributed by atoms with Gasteiger partial charge in [0, 0.05) is 33.0 Å². The Morgan fingerprint density at radius 3 is 2.88 bits per heavy atom. The van der Waals surface area contributed by atoms with Crippen molar-refractivity contribution in [3.8, 4) is 0 Å². The normalized spacial score (nSPS) is 17.7. The molecule has 17 heavy (non-hydrogen) atoms. The summed E-state index contributed by atoms with van der Waals surface area (Å²) >= 11 is 0. The van der Waals surface area contributed by atoms with Gasteiger partial charge in [-0.1, -0.05) is 6.92 Å². The highest BCUT2D eigenvalue weighted by Gasteiger charge is 2.21. The fourth-order valence-corrected chi connectivity index (χ4v) is 1.52. The highest BCUT2D eigenvalue weighted by Crippen LogP contribution is 2.07. The SMILES string of the molecule is CC(CCO)CNC(=O)C1=NN(C)C(=O)CC1. The summed E-state index contributed by atoms with van der Waals surface area (Å²) < 4.78 is 0. The molecule has 0 saturated carbocycles. The van der Waals surface area contributed by atoms with Gasteiger partial charge >= 0.3 is 0 Å². The third-order valence-electron chi connectivity index (χ3n) is 2.70. The van der Waals surface area contributed by atoms with Gasteiger partial charge in [-0.25, -0.2) is 5.01 Å². The van der Waals surface area contributed by atoms with Crippen LogP contribution in [-0.2, 0) is 9.59 Å². The van der Waals surface area contributed by atoms with Gasteiger partial charge in [-0.15, -0.1) is 0 Å². The van der Waals surface area contributed by atoms with E-state index in [1.807, 2.05) is 6.92 Å². The van der Waals surface area contributed by atoms with Crippen LogP contribution in [0.3, 0.4) is 0 Å². The Labute approximate surface area is 101 Å². The van der Waals surface area contributed by atoms with Crippen molar-refractivity contribution in [1.82, 2.24) is 10.3 Å². The van der Waals surface area contributed by atoms with Crippen LogP contribution in [0.15, 0.2) is 5.10 Å². The van der Waals surface area contributed by atoms with Crippen LogP contribution >= 0.6 is 0 Å². The lowest BCUT2D eigenvalue weighted by molar-refractivity contribution is -0.130. The number of rotatable bonds is 5. The predicted molar refractivity (Wildman–Crippen MR) is 63.3 cm³/mol. The molecule has 6 heteroatoms. The van der Waals surface area contributed by atoms with Crippen molar-refractivity contribution in [3.63, 3.8) is 0 Å². The first-order chi connectivity index (χ1) is 8.04. The average Bonchev–Trinajstić information content (AvgIpc) is 2.30. The van der Waals surface area contributed by atoms with Gasteiger partial charge in [0.05, 0.1) is 0 Å². The van der Waals surface area contributed by atoms with Crippen LogP contribution in [0.25, 0.3) is 0 Å². The van der Waals surface area contributed by atoms with E-state index in [4.69, 9.17) is 5.11 Å². The van der Waals surface area contributed by atoms with Crippen molar-refractivity contribution < 1.29 is 14.7 Å². The Morgan fingerprint density at radius 2 is 2.29 bits per heavy atom. The molecule has 0 spiro atoms. The predicted octanol–water partition coefficient (Wildman–Crippen LogP) is -0.271. The Bertz CT molecular complexity index is 328. The molecule has 0 aromatic carbocycles. The number of hydrogen-bond donors (Lipinski definition) is 2. The lowest BCUT2D eigenvalue weighted by atomic mass is 10.1. The van der Waals surface area contributed by atoms with E-state index in [1.54, 1.807) is 7.05 Å². The summed E-state index contributed by atoms with van der Waals surface area (Å²) in [4.78, 5) is 22.9. The van der Waals surface area contributed by atoms with E-state index in [9.17, 15) is 9.59 Å². The fraction of sp³-hybridized carbons (Fsp3) is 0.727. The van der Waals surface area contributed by atoms with Crippen molar-refractivity contribution in [1.29, 1.82) is 0 Å². The monoisotopic (exact) mass is 241 g/mol. The first-order valence-corrected chi connectivity index (χ1v) is 5.77. The zero-order valence-corrected chi connectivity index (χ0v) is 10.3. The largest absolute Gasteiger partial charge is 0.396 e. The third-order valence-corrected chi connectivity index (χ3v) is 2.70. The molecule has 96 valence electrons. The second-order valence-corrected chi connectivity index (χ2v) is 4.29. The van der Waals surface area contributed by atoms with Crippen LogP contribution in [-0.4, -0.2) is 47.8 Å². The molecule has 0 saturated heterocycles. The van der Waals surface area contributed by atoms with Gasteiger partial charge in [-0.05, 0) is 12.3 Å². The molecular formula is C11H19N3O3. The van der Waals surface area contributed by atoms with Crippen LogP contribution < -0.4 is 5.32 Å². The van der Waals surface area contributed by atoms with Crippen LogP contribution in [0.1, 0.15) is 26.2 Å². The van der Waals surface area contributed by atoms with Gasteiger partial charge in [0.2, 0.25) is 5.91 Å². The zero-order chi connectivity index (χ0) is 12.8. The van der Waals surface area contributed by atoms with E-state index in [-0.39, 0.29) is 24.3 Å². The second kappa shape index (κ2) is 6.34. The van der Waals surface area contributed by atoms with Gasteiger partial charge in [0.25, 0.3) is 5.91 Å². The summed E-state index contributed by atoms with van der Waals surface area (Å²) in [6, 6.07) is 0. The van der Waals surface area contributed by atoms with Gasteiger partial charge in [0.15, 0.2) is 0 Å². The Balaban J connectivity index is 2.43. The van der Waals surface area contributed by atoms with E-state index >= 15 is 0 Å². The minimum Gasteiger partial charge on any atom is -0.396 e. The number of hydrazone groups is 1. The number of carbonyl (C=O) groups is 2. The smallest absolute Gasteiger partial charge is 0.267 e. The summed E-state index contributed by atoms with van der Waals surface area (Å²) in [6.45, 7) is 2.58. The third kappa shape index (κ3) is 4.14. The minimum absolute atomic E-state index is 0.0739. The van der Waals surface area contributed by atoms with Crippen molar-refractivity contribution in [2.45, 2.75) is 26.2 Å². The van der Waals surface area contributed by atoms with Crippen molar-refractivity contribution >= 4 is 17.5 Å². The Morgan fingerprint density at radius 1 is 1.59 bits per heavy atom. The molecule has 1 aliphatic rings. The lowest BCUT2D eigenvalue weighted by Crippen LogP contribution is -2.39. The van der Waals surface area contributed by atoms with Crippen LogP contribution in [0.5, 0.6) is 0 Å². The number of amides is 2. The first kappa shape index (κ1) is 13.6. The molecule has 1 rings (SSSR count). The molecule has 1 heterocycles. The molecule has 0 aromatic rings. The Kier molecular flexibility index (Phi) is 5.09. The number of hydrogen-bond acceptors (Lipinski definition) is 4. The molecule has 2 amide bonds. The Hall–Kier alpha value is -1.43. The van der Waals surface area contributed by atoms with E-state index in [1.165, 1.54) is 5.01 Å². The number of aliphatic hydroxyl groups excluding tert-OH is 1. The minimum atomic E-state index is -0.228. The van der Waals surface area contributed by atoms with E-state index < -0.39 is 0 Å². The van der Waals surface area contributed by atoms with E-state index in [0.717, 1.165) is 0 Å². The zero-order valence-electron chi connectivity index (χ0n) is 10.3. The maximum atomic E-state index is 11.7. The molecule has 0 aliphatic carbocycles. The summed E-state index contributed by atoms with van der Waals surface area (Å²) in [5.74, 6) is -0.0724. The van der Waals surface area contributed by atoms with Crippen LogP contribution in [0.2, 0.25) is 0 Å². The molecule has 0 fully saturated rings. The summed E-state index contributed by atoms with van der Waals surface area (Å²) in [7, 11) is 1.54. The number of carbonyl (C=O) groups excluding carboxylic acids is 2. The molecule has 6 nitrogen and oxygen atoms in total. The van der Waals surface area contributed by atoms with Crippen molar-refractivity contribution in [3.05, 3.63) is 0 Å².